The number of nitrogens with zero attached hydrogens (tertiary/aromatic N) is 2. The highest BCUT2D eigenvalue weighted by atomic mass is 16.5. The molecule has 1 heterocycles. The minimum atomic E-state index is -0.390. The lowest BCUT2D eigenvalue weighted by Gasteiger charge is -2.36. The first-order chi connectivity index (χ1) is 11.4. The van der Waals surface area contributed by atoms with E-state index in [4.69, 9.17) is 4.74 Å². The molecule has 2 bridgehead atoms. The Morgan fingerprint density at radius 1 is 1.33 bits per heavy atom. The quantitative estimate of drug-likeness (QED) is 0.845. The number of amides is 1. The molecule has 1 aromatic rings. The lowest BCUT2D eigenvalue weighted by Crippen LogP contribution is -2.40. The molecule has 2 saturated carbocycles. The van der Waals surface area contributed by atoms with Gasteiger partial charge >= 0.3 is 5.97 Å². The van der Waals surface area contributed by atoms with E-state index in [9.17, 15) is 14.4 Å². The number of hydrogen-bond acceptors (Lipinski definition) is 5. The van der Waals surface area contributed by atoms with Crippen LogP contribution in [0.2, 0.25) is 0 Å². The predicted octanol–water partition coefficient (Wildman–Crippen LogP) is 1.61. The Labute approximate surface area is 140 Å². The summed E-state index contributed by atoms with van der Waals surface area (Å²) in [5.74, 6) is -0.137. The number of hydrogen-bond donors (Lipinski definition) is 1. The van der Waals surface area contributed by atoms with Gasteiger partial charge in [-0.05, 0) is 32.6 Å². The first kappa shape index (κ1) is 16.7. The van der Waals surface area contributed by atoms with Crippen LogP contribution < -0.4 is 5.32 Å². The highest BCUT2D eigenvalue weighted by Gasteiger charge is 2.41. The molecule has 0 aromatic carbocycles. The number of fused-ring (bicyclic) bond motifs is 2. The van der Waals surface area contributed by atoms with Crippen molar-refractivity contribution in [1.29, 1.82) is 0 Å². The summed E-state index contributed by atoms with van der Waals surface area (Å²) in [6.45, 7) is 1.51. The minimum Gasteiger partial charge on any atom is -0.455 e. The van der Waals surface area contributed by atoms with Gasteiger partial charge in [-0.15, -0.1) is 0 Å². The molecule has 2 fully saturated rings. The molecule has 1 unspecified atom stereocenters. The van der Waals surface area contributed by atoms with Gasteiger partial charge in [-0.2, -0.15) is 5.10 Å². The zero-order valence-corrected chi connectivity index (χ0v) is 14.1. The lowest BCUT2D eigenvalue weighted by atomic mass is 9.67. The number of ketones is 1. The zero-order valence-electron chi connectivity index (χ0n) is 14.1. The number of carbonyl (C=O) groups excluding carboxylic acids is 3. The van der Waals surface area contributed by atoms with Crippen molar-refractivity contribution in [3.8, 4) is 0 Å². The molecule has 1 amide bonds. The van der Waals surface area contributed by atoms with Gasteiger partial charge in [0.25, 0.3) is 5.91 Å². The van der Waals surface area contributed by atoms with Crippen molar-refractivity contribution in [2.45, 2.75) is 39.0 Å². The monoisotopic (exact) mass is 333 g/mol. The molecule has 1 aromatic heterocycles. The molecule has 1 N–H and O–H groups in total. The topological polar surface area (TPSA) is 90.3 Å². The third-order valence-corrected chi connectivity index (χ3v) is 5.00. The van der Waals surface area contributed by atoms with Crippen LogP contribution in [0, 0.1) is 24.7 Å². The summed E-state index contributed by atoms with van der Waals surface area (Å²) in [7, 11) is 1.73. The first-order valence-corrected chi connectivity index (χ1v) is 8.45. The number of esters is 1. The van der Waals surface area contributed by atoms with Crippen molar-refractivity contribution < 1.29 is 19.1 Å². The SMILES string of the molecule is Cc1cc(NC(=O)COC(=O)C2C[C@H]3CCC[C@@H](C2)C3=O)n(C)n1. The molecule has 24 heavy (non-hydrogen) atoms. The fourth-order valence-corrected chi connectivity index (χ4v) is 3.83. The molecule has 2 aliphatic carbocycles. The van der Waals surface area contributed by atoms with E-state index in [1.807, 2.05) is 6.92 Å². The van der Waals surface area contributed by atoms with Crippen molar-refractivity contribution >= 4 is 23.5 Å². The summed E-state index contributed by atoms with van der Waals surface area (Å²) in [4.78, 5) is 36.2. The van der Waals surface area contributed by atoms with Crippen molar-refractivity contribution in [3.63, 3.8) is 0 Å². The highest BCUT2D eigenvalue weighted by Crippen LogP contribution is 2.40. The predicted molar refractivity (Wildman–Crippen MR) is 86.1 cm³/mol. The maximum atomic E-state index is 12.2. The number of rotatable bonds is 4. The first-order valence-electron chi connectivity index (χ1n) is 8.45. The van der Waals surface area contributed by atoms with Crippen LogP contribution in [-0.2, 0) is 26.2 Å². The van der Waals surface area contributed by atoms with E-state index in [-0.39, 0.29) is 30.3 Å². The molecule has 0 spiro atoms. The molecule has 0 saturated heterocycles. The van der Waals surface area contributed by atoms with Gasteiger partial charge < -0.3 is 10.1 Å². The van der Waals surface area contributed by atoms with Crippen LogP contribution in [-0.4, -0.2) is 34.0 Å². The second-order valence-corrected chi connectivity index (χ2v) is 6.85. The molecular formula is C17H23N3O4. The van der Waals surface area contributed by atoms with Crippen molar-refractivity contribution in [2.75, 3.05) is 11.9 Å². The van der Waals surface area contributed by atoms with E-state index in [0.717, 1.165) is 25.0 Å². The molecular weight excluding hydrogens is 310 g/mol. The summed E-state index contributed by atoms with van der Waals surface area (Å²) in [5.41, 5.74) is 0.795. The van der Waals surface area contributed by atoms with E-state index >= 15 is 0 Å². The van der Waals surface area contributed by atoms with E-state index in [1.165, 1.54) is 0 Å². The molecule has 3 rings (SSSR count). The van der Waals surface area contributed by atoms with Gasteiger partial charge in [-0.25, -0.2) is 0 Å². The van der Waals surface area contributed by atoms with Crippen LogP contribution in [0.5, 0.6) is 0 Å². The Morgan fingerprint density at radius 2 is 2.00 bits per heavy atom. The van der Waals surface area contributed by atoms with E-state index in [0.29, 0.717) is 24.4 Å². The Morgan fingerprint density at radius 3 is 2.58 bits per heavy atom. The Bertz CT molecular complexity index is 651. The fraction of sp³-hybridized carbons (Fsp3) is 0.647. The van der Waals surface area contributed by atoms with Gasteiger partial charge in [-0.3, -0.25) is 19.1 Å². The number of carbonyl (C=O) groups is 3. The third kappa shape index (κ3) is 3.49. The lowest BCUT2D eigenvalue weighted by molar-refractivity contribution is -0.155. The second kappa shape index (κ2) is 6.75. The normalized spacial score (nSPS) is 26.1. The van der Waals surface area contributed by atoms with Crippen molar-refractivity contribution in [3.05, 3.63) is 11.8 Å². The molecule has 0 radical (unpaired) electrons. The average molecular weight is 333 g/mol. The number of aromatic nitrogens is 2. The van der Waals surface area contributed by atoms with Gasteiger partial charge in [0.05, 0.1) is 11.6 Å². The van der Waals surface area contributed by atoms with Crippen LogP contribution >= 0.6 is 0 Å². The molecule has 2 aliphatic rings. The summed E-state index contributed by atoms with van der Waals surface area (Å²) in [5, 5.41) is 6.80. The standard InChI is InChI=1S/C17H23N3O4/c1-10-6-14(20(2)19-10)18-15(21)9-24-17(23)13-7-11-4-3-5-12(8-13)16(11)22/h6,11-13H,3-5,7-9H2,1-2H3,(H,18,21)/t11-,12+,13?. The summed E-state index contributed by atoms with van der Waals surface area (Å²) < 4.78 is 6.73. The molecule has 7 heteroatoms. The Balaban J connectivity index is 1.49. The maximum Gasteiger partial charge on any atom is 0.309 e. The van der Waals surface area contributed by atoms with Gasteiger partial charge in [0.2, 0.25) is 0 Å². The largest absolute Gasteiger partial charge is 0.455 e. The Kier molecular flexibility index (Phi) is 4.69. The number of Topliss-reactive ketones (excluding diaryl/α,β-unsaturated/α-hetero) is 1. The van der Waals surface area contributed by atoms with Crippen LogP contribution in [0.4, 0.5) is 5.82 Å². The molecule has 0 aliphatic heterocycles. The van der Waals surface area contributed by atoms with Crippen molar-refractivity contribution in [1.82, 2.24) is 9.78 Å². The van der Waals surface area contributed by atoms with Crippen LogP contribution in [0.15, 0.2) is 6.07 Å². The maximum absolute atomic E-state index is 12.2. The highest BCUT2D eigenvalue weighted by molar-refractivity contribution is 5.92. The van der Waals surface area contributed by atoms with Gasteiger partial charge in [-0.1, -0.05) is 6.42 Å². The van der Waals surface area contributed by atoms with Gasteiger partial charge in [0.1, 0.15) is 11.6 Å². The molecule has 130 valence electrons. The summed E-state index contributed by atoms with van der Waals surface area (Å²) in [6.07, 6.45) is 3.95. The van der Waals surface area contributed by atoms with Crippen LogP contribution in [0.25, 0.3) is 0 Å². The van der Waals surface area contributed by atoms with Crippen LogP contribution in [0.3, 0.4) is 0 Å². The summed E-state index contributed by atoms with van der Waals surface area (Å²) in [6, 6.07) is 1.74. The third-order valence-electron chi connectivity index (χ3n) is 5.00. The van der Waals surface area contributed by atoms with Gasteiger partial charge in [0.15, 0.2) is 6.61 Å². The second-order valence-electron chi connectivity index (χ2n) is 6.85. The Hall–Kier alpha value is -2.18. The van der Waals surface area contributed by atoms with E-state index in [2.05, 4.69) is 10.4 Å². The minimum absolute atomic E-state index is 0.00120. The number of aryl methyl sites for hydroxylation is 2. The fourth-order valence-electron chi connectivity index (χ4n) is 3.83. The van der Waals surface area contributed by atoms with Crippen molar-refractivity contribution in [2.24, 2.45) is 24.8 Å². The van der Waals surface area contributed by atoms with E-state index < -0.39 is 5.91 Å². The summed E-state index contributed by atoms with van der Waals surface area (Å²) >= 11 is 0. The van der Waals surface area contributed by atoms with Gasteiger partial charge in [0, 0.05) is 24.9 Å². The van der Waals surface area contributed by atoms with E-state index in [1.54, 1.807) is 17.8 Å². The molecule has 7 nitrogen and oxygen atoms in total. The number of anilines is 1. The number of ether oxygens (including phenoxy) is 1. The zero-order chi connectivity index (χ0) is 17.3. The average Bonchev–Trinajstić information content (AvgIpc) is 2.82. The van der Waals surface area contributed by atoms with Crippen LogP contribution in [0.1, 0.15) is 37.8 Å². The number of nitrogens with one attached hydrogen (secondary N) is 1. The smallest absolute Gasteiger partial charge is 0.309 e. The molecule has 3 atom stereocenters.